The lowest BCUT2D eigenvalue weighted by Crippen LogP contribution is -2.41. The fourth-order valence-corrected chi connectivity index (χ4v) is 3.73. The molecule has 2 rings (SSSR count). The van der Waals surface area contributed by atoms with Crippen LogP contribution >= 0.6 is 0 Å². The van der Waals surface area contributed by atoms with E-state index < -0.39 is 12.0 Å². The van der Waals surface area contributed by atoms with Crippen molar-refractivity contribution in [2.75, 3.05) is 26.0 Å². The van der Waals surface area contributed by atoms with Crippen LogP contribution in [0.3, 0.4) is 0 Å². The van der Waals surface area contributed by atoms with E-state index in [4.69, 9.17) is 4.74 Å². The fourth-order valence-electron chi connectivity index (χ4n) is 3.73. The number of aromatic amines is 1. The highest BCUT2D eigenvalue weighted by Gasteiger charge is 2.28. The van der Waals surface area contributed by atoms with E-state index in [1.165, 1.54) is 7.11 Å². The summed E-state index contributed by atoms with van der Waals surface area (Å²) in [5.74, 6) is -0.866. The molecule has 0 unspecified atom stereocenters. The van der Waals surface area contributed by atoms with Crippen molar-refractivity contribution in [1.82, 2.24) is 9.88 Å². The summed E-state index contributed by atoms with van der Waals surface area (Å²) in [5.41, 5.74) is 5.82. The van der Waals surface area contributed by atoms with Gasteiger partial charge in [0.1, 0.15) is 0 Å². The molecule has 0 radical (unpaired) electrons. The van der Waals surface area contributed by atoms with Gasteiger partial charge in [0, 0.05) is 11.4 Å². The van der Waals surface area contributed by atoms with Crippen molar-refractivity contribution >= 4 is 23.3 Å². The molecule has 0 bridgehead atoms. The summed E-state index contributed by atoms with van der Waals surface area (Å²) < 4.78 is 4.80. The van der Waals surface area contributed by atoms with Crippen molar-refractivity contribution in [3.8, 4) is 0 Å². The first-order chi connectivity index (χ1) is 14.0. The highest BCUT2D eigenvalue weighted by molar-refractivity contribution is 6.04. The van der Waals surface area contributed by atoms with Crippen LogP contribution in [-0.2, 0) is 9.53 Å². The van der Waals surface area contributed by atoms with E-state index in [9.17, 15) is 14.4 Å². The quantitative estimate of drug-likeness (QED) is 0.536. The van der Waals surface area contributed by atoms with Crippen molar-refractivity contribution in [3.63, 3.8) is 0 Å². The second kappa shape index (κ2) is 9.26. The minimum absolute atomic E-state index is 0.0578. The fraction of sp³-hybridized carbons (Fsp3) is 0.435. The number of aromatic nitrogens is 1. The molecule has 7 nitrogen and oxygen atoms in total. The third-order valence-electron chi connectivity index (χ3n) is 5.45. The van der Waals surface area contributed by atoms with Gasteiger partial charge in [-0.2, -0.15) is 0 Å². The largest absolute Gasteiger partial charge is 0.465 e. The normalized spacial score (nSPS) is 12.0. The summed E-state index contributed by atoms with van der Waals surface area (Å²) in [6, 6.07) is 3.49. The summed E-state index contributed by atoms with van der Waals surface area (Å²) in [5, 5.41) is 2.96. The molecule has 2 N–H and O–H groups in total. The maximum atomic E-state index is 13.0. The number of amides is 1. The predicted octanol–water partition coefficient (Wildman–Crippen LogP) is 3.49. The van der Waals surface area contributed by atoms with Crippen LogP contribution in [0.25, 0.3) is 0 Å². The zero-order chi connectivity index (χ0) is 22.7. The van der Waals surface area contributed by atoms with Crippen LogP contribution in [0.4, 0.5) is 5.69 Å². The van der Waals surface area contributed by atoms with Gasteiger partial charge in [0.25, 0.3) is 0 Å². The highest BCUT2D eigenvalue weighted by Crippen LogP contribution is 2.23. The van der Waals surface area contributed by atoms with E-state index in [1.807, 2.05) is 32.9 Å². The number of H-pyrrole nitrogens is 1. The van der Waals surface area contributed by atoms with Gasteiger partial charge in [-0.3, -0.25) is 14.5 Å². The predicted molar refractivity (Wildman–Crippen MR) is 117 cm³/mol. The third kappa shape index (κ3) is 4.79. The molecule has 0 fully saturated rings. The Balaban J connectivity index is 2.13. The monoisotopic (exact) mass is 413 g/mol. The molecule has 0 spiro atoms. The van der Waals surface area contributed by atoms with E-state index >= 15 is 0 Å². The Labute approximate surface area is 177 Å². The van der Waals surface area contributed by atoms with Gasteiger partial charge in [-0.05, 0) is 65.3 Å². The van der Waals surface area contributed by atoms with Crippen molar-refractivity contribution in [2.24, 2.45) is 0 Å². The average Bonchev–Trinajstić information content (AvgIpc) is 2.96. The van der Waals surface area contributed by atoms with E-state index in [0.717, 1.165) is 22.4 Å². The van der Waals surface area contributed by atoms with Crippen molar-refractivity contribution in [2.45, 2.75) is 47.6 Å². The number of carbonyl (C=O) groups is 3. The Kier molecular flexibility index (Phi) is 7.21. The molecule has 1 heterocycles. The smallest absolute Gasteiger partial charge is 0.339 e. The van der Waals surface area contributed by atoms with Crippen LogP contribution in [0.1, 0.15) is 55.7 Å². The lowest BCUT2D eigenvalue weighted by molar-refractivity contribution is -0.117. The van der Waals surface area contributed by atoms with Gasteiger partial charge in [-0.25, -0.2) is 4.79 Å². The van der Waals surface area contributed by atoms with Crippen molar-refractivity contribution < 1.29 is 19.1 Å². The number of hydrogen-bond acceptors (Lipinski definition) is 5. The molecular formula is C23H31N3O4. The van der Waals surface area contributed by atoms with Gasteiger partial charge in [0.05, 0.1) is 31.0 Å². The molecule has 0 aliphatic rings. The lowest BCUT2D eigenvalue weighted by Gasteiger charge is -2.23. The number of nitrogens with zero attached hydrogens (tertiary/aromatic N) is 1. The van der Waals surface area contributed by atoms with E-state index in [-0.39, 0.29) is 18.2 Å². The molecule has 1 amide bonds. The Morgan fingerprint density at radius 1 is 1.10 bits per heavy atom. The first-order valence-corrected chi connectivity index (χ1v) is 9.87. The number of Topliss-reactive ketones (excluding diaryl/α,β-unsaturated/α-hetero) is 1. The van der Waals surface area contributed by atoms with E-state index in [1.54, 1.807) is 32.7 Å². The van der Waals surface area contributed by atoms with Gasteiger partial charge in [-0.1, -0.05) is 17.7 Å². The van der Waals surface area contributed by atoms with Crippen LogP contribution in [-0.4, -0.2) is 54.3 Å². The van der Waals surface area contributed by atoms with Crippen LogP contribution in [0.15, 0.2) is 12.1 Å². The van der Waals surface area contributed by atoms with Crippen LogP contribution in [0, 0.1) is 34.6 Å². The second-order valence-electron chi connectivity index (χ2n) is 7.89. The Morgan fingerprint density at radius 3 is 2.20 bits per heavy atom. The zero-order valence-corrected chi connectivity index (χ0v) is 19.0. The lowest BCUT2D eigenvalue weighted by atomic mass is 10.0. The van der Waals surface area contributed by atoms with Gasteiger partial charge in [-0.15, -0.1) is 0 Å². The standard InChI is InChI=1S/C23H31N3O4/c1-12-9-13(2)20(14(3)10-12)25-18(27)11-26(7)17(6)22(28)21-15(4)19(16(5)24-21)23(29)30-8/h9-10,17,24H,11H2,1-8H3,(H,25,27)/t17-/m0/s1. The molecule has 1 aromatic carbocycles. The molecule has 162 valence electrons. The number of methoxy groups -OCH3 is 1. The van der Waals surface area contributed by atoms with Crippen molar-refractivity contribution in [1.29, 1.82) is 0 Å². The van der Waals surface area contributed by atoms with Gasteiger partial charge < -0.3 is 15.0 Å². The molecule has 0 saturated heterocycles. The minimum Gasteiger partial charge on any atom is -0.465 e. The zero-order valence-electron chi connectivity index (χ0n) is 19.0. The van der Waals surface area contributed by atoms with Crippen molar-refractivity contribution in [3.05, 3.63) is 51.3 Å². The topological polar surface area (TPSA) is 91.5 Å². The highest BCUT2D eigenvalue weighted by atomic mass is 16.5. The Morgan fingerprint density at radius 2 is 1.67 bits per heavy atom. The number of esters is 1. The molecule has 2 aromatic rings. The molecule has 0 saturated carbocycles. The number of likely N-dealkylation sites (N-methyl/N-ethyl adjacent to an activating group) is 1. The number of nitrogens with one attached hydrogen (secondary N) is 2. The summed E-state index contributed by atoms with van der Waals surface area (Å²) in [7, 11) is 3.03. The summed E-state index contributed by atoms with van der Waals surface area (Å²) >= 11 is 0. The van der Waals surface area contributed by atoms with Crippen LogP contribution in [0.5, 0.6) is 0 Å². The number of ketones is 1. The molecule has 0 aliphatic carbocycles. The number of carbonyl (C=O) groups excluding carboxylic acids is 3. The molecular weight excluding hydrogens is 382 g/mol. The first kappa shape index (κ1) is 23.3. The summed E-state index contributed by atoms with van der Waals surface area (Å²) in [6.07, 6.45) is 0. The third-order valence-corrected chi connectivity index (χ3v) is 5.45. The first-order valence-electron chi connectivity index (χ1n) is 9.87. The maximum Gasteiger partial charge on any atom is 0.339 e. The van der Waals surface area contributed by atoms with Gasteiger partial charge in [0.15, 0.2) is 5.78 Å². The number of rotatable bonds is 7. The minimum atomic E-state index is -0.557. The second-order valence-corrected chi connectivity index (χ2v) is 7.89. The molecule has 30 heavy (non-hydrogen) atoms. The Bertz CT molecular complexity index is 968. The summed E-state index contributed by atoms with van der Waals surface area (Å²) in [6.45, 7) is 11.2. The molecule has 0 aliphatic heterocycles. The van der Waals surface area contributed by atoms with Gasteiger partial charge >= 0.3 is 5.97 Å². The molecule has 1 aromatic heterocycles. The number of hydrogen-bond donors (Lipinski definition) is 2. The summed E-state index contributed by atoms with van der Waals surface area (Å²) in [4.78, 5) is 42.3. The van der Waals surface area contributed by atoms with E-state index in [0.29, 0.717) is 22.5 Å². The maximum absolute atomic E-state index is 13.0. The average molecular weight is 414 g/mol. The SMILES string of the molecule is COC(=O)c1c(C)[nH]c(C(=O)[C@H](C)N(C)CC(=O)Nc2c(C)cc(C)cc2C)c1C. The number of anilines is 1. The number of ether oxygens (including phenoxy) is 1. The van der Waals surface area contributed by atoms with Crippen LogP contribution < -0.4 is 5.32 Å². The Hall–Kier alpha value is -2.93. The van der Waals surface area contributed by atoms with E-state index in [2.05, 4.69) is 10.3 Å². The molecule has 1 atom stereocenters. The number of aryl methyl sites for hydroxylation is 4. The van der Waals surface area contributed by atoms with Crippen LogP contribution in [0.2, 0.25) is 0 Å². The number of benzene rings is 1. The molecule has 7 heteroatoms. The van der Waals surface area contributed by atoms with Gasteiger partial charge in [0.2, 0.25) is 5.91 Å².